The van der Waals surface area contributed by atoms with Crippen molar-refractivity contribution in [2.45, 2.75) is 6.42 Å². The van der Waals surface area contributed by atoms with Gasteiger partial charge in [-0.25, -0.2) is 10.2 Å². The van der Waals surface area contributed by atoms with E-state index in [1.807, 2.05) is 6.07 Å². The van der Waals surface area contributed by atoms with Crippen molar-refractivity contribution in [3.8, 4) is 17.6 Å². The largest absolute Gasteiger partial charge is 0.493 e. The number of ether oxygens (including phenoxy) is 2. The van der Waals surface area contributed by atoms with Crippen molar-refractivity contribution >= 4 is 45.6 Å². The van der Waals surface area contributed by atoms with Gasteiger partial charge < -0.3 is 14.8 Å². The Labute approximate surface area is 209 Å². The van der Waals surface area contributed by atoms with Crippen LogP contribution in [0.4, 0.5) is 5.69 Å². The summed E-state index contributed by atoms with van der Waals surface area (Å²) >= 11 is 3.31. The van der Waals surface area contributed by atoms with Crippen molar-refractivity contribution in [1.82, 2.24) is 5.43 Å². The number of hydrogen-bond donors (Lipinski definition) is 2. The minimum atomic E-state index is -0.965. The summed E-state index contributed by atoms with van der Waals surface area (Å²) in [5.41, 5.74) is 4.23. The van der Waals surface area contributed by atoms with Crippen molar-refractivity contribution < 1.29 is 23.9 Å². The number of nitrogens with zero attached hydrogens (tertiary/aromatic N) is 2. The molecule has 176 valence electrons. The first-order valence-electron chi connectivity index (χ1n) is 10.2. The number of hydrazone groups is 1. The molecule has 0 bridgehead atoms. The molecule has 0 aliphatic rings. The lowest BCUT2D eigenvalue weighted by atomic mass is 10.1. The summed E-state index contributed by atoms with van der Waals surface area (Å²) in [4.78, 5) is 36.5. The molecular weight excluding hydrogens is 516 g/mol. The van der Waals surface area contributed by atoms with Crippen molar-refractivity contribution in [1.29, 1.82) is 5.26 Å². The summed E-state index contributed by atoms with van der Waals surface area (Å²) in [6.45, 7) is 0. The molecule has 0 atom stereocenters. The maximum absolute atomic E-state index is 12.4. The van der Waals surface area contributed by atoms with E-state index in [4.69, 9.17) is 14.7 Å². The second kappa shape index (κ2) is 12.1. The van der Waals surface area contributed by atoms with Gasteiger partial charge in [-0.2, -0.15) is 10.4 Å². The quantitative estimate of drug-likeness (QED) is 0.156. The van der Waals surface area contributed by atoms with Crippen LogP contribution in [0.2, 0.25) is 0 Å². The first-order valence-corrected chi connectivity index (χ1v) is 11.0. The number of benzene rings is 3. The lowest BCUT2D eigenvalue weighted by Gasteiger charge is -2.10. The number of hydrogen-bond acceptors (Lipinski definition) is 7. The Morgan fingerprint density at radius 1 is 1.03 bits per heavy atom. The Bertz CT molecular complexity index is 1320. The summed E-state index contributed by atoms with van der Waals surface area (Å²) in [5.74, 6) is -1.95. The Kier molecular flexibility index (Phi) is 8.70. The highest BCUT2D eigenvalue weighted by molar-refractivity contribution is 9.10. The van der Waals surface area contributed by atoms with E-state index in [-0.39, 0.29) is 17.9 Å². The zero-order valence-corrected chi connectivity index (χ0v) is 20.0. The van der Waals surface area contributed by atoms with Crippen LogP contribution in [0.3, 0.4) is 0 Å². The van der Waals surface area contributed by atoms with Gasteiger partial charge in [-0.05, 0) is 69.5 Å². The summed E-state index contributed by atoms with van der Waals surface area (Å²) in [6, 6.07) is 20.1. The van der Waals surface area contributed by atoms with E-state index in [1.54, 1.807) is 60.7 Å². The van der Waals surface area contributed by atoms with E-state index < -0.39 is 17.8 Å². The number of amides is 2. The molecule has 0 saturated heterocycles. The van der Waals surface area contributed by atoms with Crippen LogP contribution in [0, 0.1) is 11.3 Å². The molecule has 3 aromatic rings. The molecule has 2 amide bonds. The first-order chi connectivity index (χ1) is 16.9. The lowest BCUT2D eigenvalue weighted by molar-refractivity contribution is -0.136. The van der Waals surface area contributed by atoms with Crippen LogP contribution in [0.25, 0.3) is 0 Å². The molecule has 0 fully saturated rings. The standard InChI is InChI=1S/C25H19BrN4O5/c1-34-22-14-17(8-11-21(22)35-25(33)19-4-2-3-5-20(19)26)15-28-30-24(32)23(31)29-18-9-6-16(7-10-18)12-13-27/h2-11,14-15H,12H2,1H3,(H,29,31)(H,30,32)/b28-15+. The Morgan fingerprint density at radius 3 is 2.46 bits per heavy atom. The van der Waals surface area contributed by atoms with Gasteiger partial charge in [0.25, 0.3) is 0 Å². The Hall–Kier alpha value is -4.49. The van der Waals surface area contributed by atoms with E-state index >= 15 is 0 Å². The number of halogens is 1. The molecule has 0 aliphatic heterocycles. The van der Waals surface area contributed by atoms with Gasteiger partial charge in [0.15, 0.2) is 11.5 Å². The number of carbonyl (C=O) groups is 3. The molecule has 3 aromatic carbocycles. The maximum atomic E-state index is 12.4. The summed E-state index contributed by atoms with van der Waals surface area (Å²) in [6.07, 6.45) is 1.56. The topological polar surface area (TPSA) is 130 Å². The van der Waals surface area contributed by atoms with Crippen molar-refractivity contribution in [2.24, 2.45) is 5.10 Å². The summed E-state index contributed by atoms with van der Waals surface area (Å²) in [5, 5.41) is 14.9. The molecule has 35 heavy (non-hydrogen) atoms. The van der Waals surface area contributed by atoms with E-state index in [0.717, 1.165) is 5.56 Å². The maximum Gasteiger partial charge on any atom is 0.344 e. The fourth-order valence-corrected chi connectivity index (χ4v) is 3.28. The third-order valence-corrected chi connectivity index (χ3v) is 5.26. The number of anilines is 1. The third kappa shape index (κ3) is 6.99. The van der Waals surface area contributed by atoms with Gasteiger partial charge in [0, 0.05) is 10.2 Å². The van der Waals surface area contributed by atoms with Crippen LogP contribution in [0.5, 0.6) is 11.5 Å². The van der Waals surface area contributed by atoms with Gasteiger partial charge in [0.2, 0.25) is 0 Å². The van der Waals surface area contributed by atoms with Gasteiger partial charge in [-0.1, -0.05) is 24.3 Å². The minimum Gasteiger partial charge on any atom is -0.493 e. The fraction of sp³-hybridized carbons (Fsp3) is 0.0800. The van der Waals surface area contributed by atoms with Crippen LogP contribution in [0.15, 0.2) is 76.3 Å². The average molecular weight is 535 g/mol. The molecule has 0 radical (unpaired) electrons. The van der Waals surface area contributed by atoms with E-state index in [1.165, 1.54) is 19.4 Å². The van der Waals surface area contributed by atoms with Gasteiger partial charge in [0.05, 0.1) is 31.4 Å². The Morgan fingerprint density at radius 2 is 1.77 bits per heavy atom. The zero-order chi connectivity index (χ0) is 25.2. The SMILES string of the molecule is COc1cc(/C=N/NC(=O)C(=O)Nc2ccc(CC#N)cc2)ccc1OC(=O)c1ccccc1Br. The monoisotopic (exact) mass is 534 g/mol. The third-order valence-electron chi connectivity index (χ3n) is 4.57. The van der Waals surface area contributed by atoms with Crippen LogP contribution in [0.1, 0.15) is 21.5 Å². The molecule has 9 nitrogen and oxygen atoms in total. The van der Waals surface area contributed by atoms with Crippen LogP contribution >= 0.6 is 15.9 Å². The van der Waals surface area contributed by atoms with Crippen molar-refractivity contribution in [3.05, 3.63) is 87.9 Å². The molecule has 0 aliphatic carbocycles. The second-order valence-corrected chi connectivity index (χ2v) is 7.82. The van der Waals surface area contributed by atoms with Gasteiger partial charge in [-0.3, -0.25) is 9.59 Å². The van der Waals surface area contributed by atoms with Crippen LogP contribution in [-0.4, -0.2) is 31.1 Å². The zero-order valence-electron chi connectivity index (χ0n) is 18.4. The summed E-state index contributed by atoms with van der Waals surface area (Å²) in [7, 11) is 1.42. The number of carbonyl (C=O) groups excluding carboxylic acids is 3. The average Bonchev–Trinajstić information content (AvgIpc) is 2.86. The molecule has 0 unspecified atom stereocenters. The van der Waals surface area contributed by atoms with E-state index in [0.29, 0.717) is 21.3 Å². The van der Waals surface area contributed by atoms with Crippen LogP contribution < -0.4 is 20.2 Å². The first kappa shape index (κ1) is 25.1. The number of methoxy groups -OCH3 is 1. The molecule has 0 aromatic heterocycles. The van der Waals surface area contributed by atoms with Gasteiger partial charge in [-0.15, -0.1) is 0 Å². The highest BCUT2D eigenvalue weighted by atomic mass is 79.9. The van der Waals surface area contributed by atoms with Gasteiger partial charge in [0.1, 0.15) is 0 Å². The molecule has 2 N–H and O–H groups in total. The van der Waals surface area contributed by atoms with E-state index in [9.17, 15) is 14.4 Å². The normalized spacial score (nSPS) is 10.3. The lowest BCUT2D eigenvalue weighted by Crippen LogP contribution is -2.32. The molecule has 0 heterocycles. The van der Waals surface area contributed by atoms with Crippen molar-refractivity contribution in [2.75, 3.05) is 12.4 Å². The number of rotatable bonds is 7. The highest BCUT2D eigenvalue weighted by Crippen LogP contribution is 2.29. The predicted octanol–water partition coefficient (Wildman–Crippen LogP) is 3.83. The molecule has 10 heteroatoms. The van der Waals surface area contributed by atoms with Crippen molar-refractivity contribution in [3.63, 3.8) is 0 Å². The van der Waals surface area contributed by atoms with E-state index in [2.05, 4.69) is 31.8 Å². The molecule has 3 rings (SSSR count). The second-order valence-electron chi connectivity index (χ2n) is 6.96. The van der Waals surface area contributed by atoms with Gasteiger partial charge >= 0.3 is 17.8 Å². The number of esters is 1. The summed E-state index contributed by atoms with van der Waals surface area (Å²) < 4.78 is 11.3. The minimum absolute atomic E-state index is 0.203. The molecule has 0 spiro atoms. The molecule has 0 saturated carbocycles. The molecular formula is C25H19BrN4O5. The predicted molar refractivity (Wildman–Crippen MR) is 132 cm³/mol. The fourth-order valence-electron chi connectivity index (χ4n) is 2.83. The highest BCUT2D eigenvalue weighted by Gasteiger charge is 2.16. The van der Waals surface area contributed by atoms with Crippen LogP contribution in [-0.2, 0) is 16.0 Å². The Balaban J connectivity index is 1.59. The number of nitriles is 1. The smallest absolute Gasteiger partial charge is 0.344 e. The number of nitrogens with one attached hydrogen (secondary N) is 2.